The SMILES string of the molecule is CCON(C)[Si](C)(C)C. The molecule has 2 nitrogen and oxygen atoms in total. The van der Waals surface area contributed by atoms with Crippen molar-refractivity contribution in [3.8, 4) is 0 Å². The molecule has 0 aromatic heterocycles. The molecule has 0 spiro atoms. The summed E-state index contributed by atoms with van der Waals surface area (Å²) in [5.74, 6) is 0. The van der Waals surface area contributed by atoms with Crippen LogP contribution in [0.1, 0.15) is 6.92 Å². The van der Waals surface area contributed by atoms with Gasteiger partial charge in [0.05, 0.1) is 6.61 Å². The van der Waals surface area contributed by atoms with Crippen LogP contribution in [-0.2, 0) is 4.84 Å². The monoisotopic (exact) mass is 147 g/mol. The van der Waals surface area contributed by atoms with Crippen molar-refractivity contribution < 1.29 is 4.84 Å². The Labute approximate surface area is 58.9 Å². The first-order valence-electron chi connectivity index (χ1n) is 3.35. The molecule has 0 aromatic rings. The van der Waals surface area contributed by atoms with Crippen LogP contribution in [0.15, 0.2) is 0 Å². The summed E-state index contributed by atoms with van der Waals surface area (Å²) in [5.41, 5.74) is 0. The summed E-state index contributed by atoms with van der Waals surface area (Å²) in [6.07, 6.45) is 0. The molecule has 0 amide bonds. The van der Waals surface area contributed by atoms with E-state index in [0.29, 0.717) is 0 Å². The smallest absolute Gasteiger partial charge is 0.151 e. The van der Waals surface area contributed by atoms with Crippen LogP contribution < -0.4 is 0 Å². The van der Waals surface area contributed by atoms with E-state index in [1.54, 1.807) is 0 Å². The first-order chi connectivity index (χ1) is 3.98. The Morgan fingerprint density at radius 1 is 1.33 bits per heavy atom. The summed E-state index contributed by atoms with van der Waals surface area (Å²) in [6.45, 7) is 9.55. The molecule has 0 heterocycles. The second kappa shape index (κ2) is 3.34. The molecule has 0 bridgehead atoms. The van der Waals surface area contributed by atoms with Crippen LogP contribution in [0.5, 0.6) is 0 Å². The van der Waals surface area contributed by atoms with Gasteiger partial charge in [0, 0.05) is 7.05 Å². The molecule has 56 valence electrons. The minimum atomic E-state index is -1.17. The van der Waals surface area contributed by atoms with Gasteiger partial charge in [0.15, 0.2) is 8.24 Å². The molecule has 3 heteroatoms. The van der Waals surface area contributed by atoms with Gasteiger partial charge in [-0.1, -0.05) is 19.6 Å². The highest BCUT2D eigenvalue weighted by atomic mass is 28.3. The van der Waals surface area contributed by atoms with Crippen LogP contribution in [0.25, 0.3) is 0 Å². The van der Waals surface area contributed by atoms with Crippen molar-refractivity contribution >= 4 is 8.24 Å². The van der Waals surface area contributed by atoms with E-state index in [9.17, 15) is 0 Å². The van der Waals surface area contributed by atoms with E-state index in [2.05, 4.69) is 19.6 Å². The van der Waals surface area contributed by atoms with Gasteiger partial charge in [-0.2, -0.15) is 0 Å². The second-order valence-electron chi connectivity index (χ2n) is 3.09. The zero-order valence-corrected chi connectivity index (χ0v) is 8.06. The van der Waals surface area contributed by atoms with E-state index < -0.39 is 8.24 Å². The number of hydroxylamine groups is 1. The topological polar surface area (TPSA) is 12.5 Å². The molecule has 0 radical (unpaired) electrons. The van der Waals surface area contributed by atoms with Gasteiger partial charge < -0.3 is 4.84 Å². The van der Waals surface area contributed by atoms with Crippen molar-refractivity contribution in [1.29, 1.82) is 0 Å². The Morgan fingerprint density at radius 2 is 1.78 bits per heavy atom. The molecule has 0 N–H and O–H groups in total. The zero-order valence-electron chi connectivity index (χ0n) is 7.06. The molecular formula is C6H17NOSi. The molecule has 0 aliphatic carbocycles. The van der Waals surface area contributed by atoms with Crippen LogP contribution in [-0.4, -0.2) is 26.6 Å². The summed E-state index contributed by atoms with van der Waals surface area (Å²) in [7, 11) is 0.839. The van der Waals surface area contributed by atoms with Crippen LogP contribution in [0.4, 0.5) is 0 Å². The van der Waals surface area contributed by atoms with Crippen molar-refractivity contribution in [2.75, 3.05) is 13.7 Å². The fourth-order valence-corrected chi connectivity index (χ4v) is 0.904. The molecule has 9 heavy (non-hydrogen) atoms. The highest BCUT2D eigenvalue weighted by Crippen LogP contribution is 2.05. The third-order valence-electron chi connectivity index (χ3n) is 1.27. The molecule has 0 unspecified atom stereocenters. The van der Waals surface area contributed by atoms with Gasteiger partial charge in [-0.25, -0.2) is 4.73 Å². The van der Waals surface area contributed by atoms with Gasteiger partial charge in [0.2, 0.25) is 0 Å². The van der Waals surface area contributed by atoms with Gasteiger partial charge in [0.25, 0.3) is 0 Å². The Bertz CT molecular complexity index is 79.6. The maximum atomic E-state index is 5.30. The van der Waals surface area contributed by atoms with Crippen molar-refractivity contribution in [3.05, 3.63) is 0 Å². The van der Waals surface area contributed by atoms with Gasteiger partial charge in [-0.3, -0.25) is 0 Å². The third-order valence-corrected chi connectivity index (χ3v) is 3.29. The molecule has 0 saturated carbocycles. The lowest BCUT2D eigenvalue weighted by molar-refractivity contribution is -0.0693. The maximum absolute atomic E-state index is 5.30. The molecule has 0 saturated heterocycles. The van der Waals surface area contributed by atoms with Crippen LogP contribution in [0.3, 0.4) is 0 Å². The normalized spacial score (nSPS) is 12.7. The predicted molar refractivity (Wildman–Crippen MR) is 42.7 cm³/mol. The molecule has 0 aromatic carbocycles. The third kappa shape index (κ3) is 3.67. The Hall–Kier alpha value is 0.137. The molecule has 0 aliphatic rings. The van der Waals surface area contributed by atoms with E-state index in [0.717, 1.165) is 6.61 Å². The van der Waals surface area contributed by atoms with E-state index in [1.165, 1.54) is 0 Å². The summed E-state index contributed by atoms with van der Waals surface area (Å²) in [6, 6.07) is 0. The van der Waals surface area contributed by atoms with Crippen LogP contribution in [0, 0.1) is 0 Å². The van der Waals surface area contributed by atoms with Crippen LogP contribution >= 0.6 is 0 Å². The van der Waals surface area contributed by atoms with Gasteiger partial charge in [-0.15, -0.1) is 0 Å². The lowest BCUT2D eigenvalue weighted by Crippen LogP contribution is -2.42. The summed E-state index contributed by atoms with van der Waals surface area (Å²) in [5, 5.41) is 0. The Kier molecular flexibility index (Phi) is 3.39. The summed E-state index contributed by atoms with van der Waals surface area (Å²) < 4.78 is 2.01. The highest BCUT2D eigenvalue weighted by Gasteiger charge is 2.19. The van der Waals surface area contributed by atoms with Crippen molar-refractivity contribution in [1.82, 2.24) is 4.73 Å². The minimum Gasteiger partial charge on any atom is -0.307 e. The standard InChI is InChI=1S/C6H17NOSi/c1-6-8-7(2)9(3,4)5/h6H2,1-5H3. The van der Waals surface area contributed by atoms with E-state index in [-0.39, 0.29) is 0 Å². The second-order valence-corrected chi connectivity index (χ2v) is 8.06. The lowest BCUT2D eigenvalue weighted by Gasteiger charge is -2.28. The van der Waals surface area contributed by atoms with Crippen LogP contribution in [0.2, 0.25) is 19.6 Å². The van der Waals surface area contributed by atoms with Crippen molar-refractivity contribution in [3.63, 3.8) is 0 Å². The first-order valence-corrected chi connectivity index (χ1v) is 6.80. The van der Waals surface area contributed by atoms with E-state index >= 15 is 0 Å². The summed E-state index contributed by atoms with van der Waals surface area (Å²) >= 11 is 0. The number of hydrogen-bond donors (Lipinski definition) is 0. The molecule has 0 atom stereocenters. The molecule has 0 fully saturated rings. The number of nitrogens with zero attached hydrogens (tertiary/aromatic N) is 1. The quantitative estimate of drug-likeness (QED) is 0.445. The number of rotatable bonds is 3. The molecule has 0 rings (SSSR count). The highest BCUT2D eigenvalue weighted by molar-refractivity contribution is 6.72. The van der Waals surface area contributed by atoms with Crippen molar-refractivity contribution in [2.45, 2.75) is 26.6 Å². The zero-order chi connectivity index (χ0) is 7.49. The van der Waals surface area contributed by atoms with Gasteiger partial charge >= 0.3 is 0 Å². The Balaban J connectivity index is 3.59. The minimum absolute atomic E-state index is 0.779. The average Bonchev–Trinajstić information content (AvgIpc) is 1.64. The lowest BCUT2D eigenvalue weighted by atomic mass is 10.9. The molecular weight excluding hydrogens is 130 g/mol. The maximum Gasteiger partial charge on any atom is 0.151 e. The first kappa shape index (κ1) is 9.14. The number of hydrogen-bond acceptors (Lipinski definition) is 2. The predicted octanol–water partition coefficient (Wildman–Crippen LogP) is 1.70. The van der Waals surface area contributed by atoms with Gasteiger partial charge in [-0.05, 0) is 6.92 Å². The largest absolute Gasteiger partial charge is 0.307 e. The molecule has 0 aliphatic heterocycles. The Morgan fingerprint density at radius 3 is 1.89 bits per heavy atom. The van der Waals surface area contributed by atoms with E-state index in [4.69, 9.17) is 4.84 Å². The summed E-state index contributed by atoms with van der Waals surface area (Å²) in [4.78, 5) is 5.30. The average molecular weight is 147 g/mol. The van der Waals surface area contributed by atoms with Crippen molar-refractivity contribution in [2.24, 2.45) is 0 Å². The van der Waals surface area contributed by atoms with E-state index in [1.807, 2.05) is 18.7 Å². The van der Waals surface area contributed by atoms with Gasteiger partial charge in [0.1, 0.15) is 0 Å². The fraction of sp³-hybridized carbons (Fsp3) is 1.00. The fourth-order valence-electron chi connectivity index (χ4n) is 0.387.